The number of nitrogens with zero attached hydrogens (tertiary/aromatic N) is 1. The number of fused-ring (bicyclic) bond motifs is 1. The second kappa shape index (κ2) is 5.05. The van der Waals surface area contributed by atoms with E-state index in [0.717, 1.165) is 49.1 Å². The van der Waals surface area contributed by atoms with Crippen LogP contribution in [0.2, 0.25) is 0 Å². The molecule has 0 saturated carbocycles. The Morgan fingerprint density at radius 1 is 1.21 bits per heavy atom. The molecule has 1 aromatic carbocycles. The largest absolute Gasteiger partial charge is 0.369 e. The van der Waals surface area contributed by atoms with Crippen molar-refractivity contribution in [1.29, 1.82) is 0 Å². The fourth-order valence-electron chi connectivity index (χ4n) is 2.62. The number of hydrogen-bond donors (Lipinski definition) is 2. The van der Waals surface area contributed by atoms with Crippen molar-refractivity contribution in [1.82, 2.24) is 10.3 Å². The normalized spacial score (nSPS) is 15.9. The lowest BCUT2D eigenvalue weighted by molar-refractivity contribution is 0.589. The van der Waals surface area contributed by atoms with E-state index < -0.39 is 0 Å². The summed E-state index contributed by atoms with van der Waals surface area (Å²) in [6, 6.07) is 8.29. The summed E-state index contributed by atoms with van der Waals surface area (Å²) < 4.78 is 0. The molecule has 1 fully saturated rings. The Balaban J connectivity index is 2.04. The molecule has 4 heteroatoms. The van der Waals surface area contributed by atoms with E-state index in [1.165, 1.54) is 5.69 Å². The summed E-state index contributed by atoms with van der Waals surface area (Å²) in [4.78, 5) is 17.1. The minimum absolute atomic E-state index is 0.0323. The van der Waals surface area contributed by atoms with Crippen LogP contribution in [0.3, 0.4) is 0 Å². The highest BCUT2D eigenvalue weighted by Crippen LogP contribution is 2.21. The predicted octanol–water partition coefficient (Wildman–Crippen LogP) is 1.50. The maximum absolute atomic E-state index is 11.8. The van der Waals surface area contributed by atoms with Crippen LogP contribution >= 0.6 is 0 Å². The highest BCUT2D eigenvalue weighted by Gasteiger charge is 2.11. The van der Waals surface area contributed by atoms with Crippen LogP contribution in [-0.2, 0) is 6.42 Å². The van der Waals surface area contributed by atoms with Gasteiger partial charge < -0.3 is 15.2 Å². The fraction of sp³-hybridized carbons (Fsp3) is 0.400. The van der Waals surface area contributed by atoms with Gasteiger partial charge in [-0.25, -0.2) is 0 Å². The lowest BCUT2D eigenvalue weighted by Crippen LogP contribution is -2.43. The van der Waals surface area contributed by atoms with Crippen molar-refractivity contribution in [3.05, 3.63) is 40.2 Å². The molecule has 1 aliphatic rings. The van der Waals surface area contributed by atoms with Crippen molar-refractivity contribution in [3.63, 3.8) is 0 Å². The van der Waals surface area contributed by atoms with Gasteiger partial charge in [-0.05, 0) is 30.7 Å². The van der Waals surface area contributed by atoms with Gasteiger partial charge in [-0.15, -0.1) is 0 Å². The van der Waals surface area contributed by atoms with Crippen LogP contribution < -0.4 is 15.8 Å². The third-order valence-corrected chi connectivity index (χ3v) is 3.77. The van der Waals surface area contributed by atoms with Crippen LogP contribution in [0.25, 0.3) is 10.9 Å². The van der Waals surface area contributed by atoms with Crippen LogP contribution in [0.4, 0.5) is 5.69 Å². The summed E-state index contributed by atoms with van der Waals surface area (Å²) in [6.07, 6.45) is 0.767. The van der Waals surface area contributed by atoms with E-state index in [-0.39, 0.29) is 5.56 Å². The minimum Gasteiger partial charge on any atom is -0.369 e. The van der Waals surface area contributed by atoms with E-state index in [1.54, 1.807) is 0 Å². The molecule has 0 amide bonds. The van der Waals surface area contributed by atoms with E-state index in [1.807, 2.05) is 19.1 Å². The van der Waals surface area contributed by atoms with Gasteiger partial charge in [-0.1, -0.05) is 6.92 Å². The Kier molecular flexibility index (Phi) is 3.25. The van der Waals surface area contributed by atoms with E-state index in [4.69, 9.17) is 0 Å². The van der Waals surface area contributed by atoms with Crippen LogP contribution in [0.15, 0.2) is 29.1 Å². The first-order valence-electron chi connectivity index (χ1n) is 6.89. The fourth-order valence-corrected chi connectivity index (χ4v) is 2.62. The van der Waals surface area contributed by atoms with Gasteiger partial charge in [-0.3, -0.25) is 4.79 Å². The maximum Gasteiger partial charge on any atom is 0.251 e. The quantitative estimate of drug-likeness (QED) is 0.857. The first-order valence-corrected chi connectivity index (χ1v) is 6.89. The monoisotopic (exact) mass is 257 g/mol. The van der Waals surface area contributed by atoms with Crippen LogP contribution in [0.5, 0.6) is 0 Å². The summed E-state index contributed by atoms with van der Waals surface area (Å²) in [5.74, 6) is 0. The smallest absolute Gasteiger partial charge is 0.251 e. The molecule has 2 heterocycles. The maximum atomic E-state index is 11.8. The van der Waals surface area contributed by atoms with Crippen molar-refractivity contribution in [2.75, 3.05) is 31.1 Å². The zero-order valence-corrected chi connectivity index (χ0v) is 11.2. The van der Waals surface area contributed by atoms with Gasteiger partial charge in [0.25, 0.3) is 5.56 Å². The van der Waals surface area contributed by atoms with E-state index >= 15 is 0 Å². The number of aromatic amines is 1. The number of H-pyrrole nitrogens is 1. The topological polar surface area (TPSA) is 48.1 Å². The average molecular weight is 257 g/mol. The summed E-state index contributed by atoms with van der Waals surface area (Å²) in [7, 11) is 0. The Morgan fingerprint density at radius 2 is 2.00 bits per heavy atom. The summed E-state index contributed by atoms with van der Waals surface area (Å²) in [6.45, 7) is 6.15. The number of piperazine rings is 1. The molecule has 1 aromatic heterocycles. The molecule has 100 valence electrons. The molecule has 0 spiro atoms. The Morgan fingerprint density at radius 3 is 2.74 bits per heavy atom. The number of aromatic nitrogens is 1. The molecule has 0 radical (unpaired) electrons. The molecular weight excluding hydrogens is 238 g/mol. The Bertz CT molecular complexity index is 641. The number of hydrogen-bond acceptors (Lipinski definition) is 3. The Hall–Kier alpha value is -1.81. The van der Waals surface area contributed by atoms with Gasteiger partial charge in [-0.2, -0.15) is 0 Å². The van der Waals surface area contributed by atoms with E-state index in [9.17, 15) is 4.79 Å². The van der Waals surface area contributed by atoms with Gasteiger partial charge in [0.05, 0.1) is 0 Å². The SMILES string of the molecule is CCc1cc2cc(N3CCNCC3)ccc2[nH]c1=O. The van der Waals surface area contributed by atoms with Crippen molar-refractivity contribution in [2.45, 2.75) is 13.3 Å². The van der Waals surface area contributed by atoms with Gasteiger partial charge in [0.15, 0.2) is 0 Å². The zero-order chi connectivity index (χ0) is 13.2. The molecule has 3 rings (SSSR count). The molecule has 2 aromatic rings. The van der Waals surface area contributed by atoms with Gasteiger partial charge in [0, 0.05) is 48.3 Å². The van der Waals surface area contributed by atoms with Crippen molar-refractivity contribution < 1.29 is 0 Å². The summed E-state index contributed by atoms with van der Waals surface area (Å²) in [5, 5.41) is 4.48. The van der Waals surface area contributed by atoms with Gasteiger partial charge in [0.1, 0.15) is 0 Å². The number of benzene rings is 1. The molecule has 1 aliphatic heterocycles. The van der Waals surface area contributed by atoms with E-state index in [0.29, 0.717) is 0 Å². The molecule has 2 N–H and O–H groups in total. The summed E-state index contributed by atoms with van der Waals surface area (Å²) in [5.41, 5.74) is 3.04. The number of rotatable bonds is 2. The number of pyridine rings is 1. The lowest BCUT2D eigenvalue weighted by Gasteiger charge is -2.29. The van der Waals surface area contributed by atoms with E-state index in [2.05, 4.69) is 27.3 Å². The van der Waals surface area contributed by atoms with Crippen molar-refractivity contribution >= 4 is 16.6 Å². The first kappa shape index (κ1) is 12.2. The van der Waals surface area contributed by atoms with Gasteiger partial charge in [0.2, 0.25) is 0 Å². The number of anilines is 1. The molecular formula is C15H19N3O. The second-order valence-electron chi connectivity index (χ2n) is 4.99. The molecule has 0 aliphatic carbocycles. The number of aryl methyl sites for hydroxylation is 1. The minimum atomic E-state index is 0.0323. The molecule has 1 saturated heterocycles. The highest BCUT2D eigenvalue weighted by atomic mass is 16.1. The lowest BCUT2D eigenvalue weighted by atomic mass is 10.1. The molecule has 19 heavy (non-hydrogen) atoms. The number of nitrogens with one attached hydrogen (secondary N) is 2. The third kappa shape index (κ3) is 2.36. The average Bonchev–Trinajstić information content (AvgIpc) is 2.47. The van der Waals surface area contributed by atoms with Gasteiger partial charge >= 0.3 is 0 Å². The molecule has 0 bridgehead atoms. The van der Waals surface area contributed by atoms with Crippen molar-refractivity contribution in [2.24, 2.45) is 0 Å². The highest BCUT2D eigenvalue weighted by molar-refractivity contribution is 5.83. The molecule has 0 atom stereocenters. The Labute approximate surface area is 112 Å². The first-order chi connectivity index (χ1) is 9.28. The molecule has 4 nitrogen and oxygen atoms in total. The van der Waals surface area contributed by atoms with Crippen LogP contribution in [0.1, 0.15) is 12.5 Å². The van der Waals surface area contributed by atoms with Crippen LogP contribution in [0, 0.1) is 0 Å². The zero-order valence-electron chi connectivity index (χ0n) is 11.2. The van der Waals surface area contributed by atoms with Crippen molar-refractivity contribution in [3.8, 4) is 0 Å². The third-order valence-electron chi connectivity index (χ3n) is 3.77. The predicted molar refractivity (Wildman–Crippen MR) is 79.0 cm³/mol. The molecule has 0 unspecified atom stereocenters. The van der Waals surface area contributed by atoms with Crippen LogP contribution in [-0.4, -0.2) is 31.2 Å². The second-order valence-corrected chi connectivity index (χ2v) is 4.99. The summed E-state index contributed by atoms with van der Waals surface area (Å²) >= 11 is 0. The standard InChI is InChI=1S/C15H19N3O/c1-2-11-9-12-10-13(18-7-5-16-6-8-18)3-4-14(12)17-15(11)19/h3-4,9-10,16H,2,5-8H2,1H3,(H,17,19).